The van der Waals surface area contributed by atoms with Crippen LogP contribution in [-0.4, -0.2) is 71.5 Å². The molecule has 0 N–H and O–H groups in total. The number of nitrogens with zero attached hydrogens (tertiary/aromatic N) is 1. The Kier molecular flexibility index (Phi) is 10.5. The Hall–Kier alpha value is 0.178. The van der Waals surface area contributed by atoms with Gasteiger partial charge in [0.15, 0.2) is 33.3 Å². The summed E-state index contributed by atoms with van der Waals surface area (Å²) in [6, 6.07) is 0. The van der Waals surface area contributed by atoms with Crippen LogP contribution in [0.2, 0.25) is 78.6 Å². The van der Waals surface area contributed by atoms with E-state index in [2.05, 4.69) is 83.7 Å². The zero-order valence-electron chi connectivity index (χ0n) is 20.6. The van der Waals surface area contributed by atoms with Crippen LogP contribution in [0, 0.1) is 0 Å². The minimum absolute atomic E-state index is 0.404. The van der Waals surface area contributed by atoms with E-state index in [1.54, 1.807) is 13.3 Å². The van der Waals surface area contributed by atoms with Gasteiger partial charge >= 0.3 is 0 Å². The van der Waals surface area contributed by atoms with E-state index in [4.69, 9.17) is 22.5 Å². The lowest BCUT2D eigenvalue weighted by atomic mass is 10.00. The quantitative estimate of drug-likeness (QED) is 0.213. The third kappa shape index (κ3) is 13.4. The van der Waals surface area contributed by atoms with E-state index in [9.17, 15) is 0 Å². The van der Waals surface area contributed by atoms with Crippen LogP contribution in [0.3, 0.4) is 0 Å². The van der Waals surface area contributed by atoms with Crippen LogP contribution < -0.4 is 0 Å². The molecule has 0 fully saturated rings. The molecule has 10 heteroatoms. The molecule has 0 saturated heterocycles. The average Bonchev–Trinajstić information content (AvgIpc) is 2.42. The monoisotopic (exact) mass is 467 g/mol. The van der Waals surface area contributed by atoms with Gasteiger partial charge in [-0.3, -0.25) is 0 Å². The average molecular weight is 468 g/mol. The van der Waals surface area contributed by atoms with E-state index < -0.39 is 45.0 Å². The van der Waals surface area contributed by atoms with Gasteiger partial charge in [-0.15, -0.1) is 0 Å². The maximum Gasteiger partial charge on any atom is 0.184 e. The topological polar surface area (TPSA) is 58.5 Å². The summed E-state index contributed by atoms with van der Waals surface area (Å²) >= 11 is 0. The second-order valence-electron chi connectivity index (χ2n) is 11.2. The minimum Gasteiger partial charge on any atom is -0.415 e. The predicted octanol–water partition coefficient (Wildman–Crippen LogP) is 5.13. The zero-order chi connectivity index (χ0) is 22.4. The summed E-state index contributed by atoms with van der Waals surface area (Å²) in [4.78, 5) is 5.00. The summed E-state index contributed by atoms with van der Waals surface area (Å²) in [6.45, 7) is 27.0. The highest BCUT2D eigenvalue weighted by molar-refractivity contribution is 6.71. The molecule has 0 aromatic carbocycles. The summed E-state index contributed by atoms with van der Waals surface area (Å²) < 4.78 is 26.1. The first kappa shape index (κ1) is 28.2. The third-order valence-corrected chi connectivity index (χ3v) is 7.31. The first-order valence-electron chi connectivity index (χ1n) is 10.0. The molecule has 28 heavy (non-hydrogen) atoms. The molecule has 0 aliphatic heterocycles. The molecule has 0 rings (SSSR count). The van der Waals surface area contributed by atoms with Gasteiger partial charge < -0.3 is 22.5 Å². The molecule has 0 radical (unpaired) electrons. The van der Waals surface area contributed by atoms with Crippen molar-refractivity contribution in [2.75, 3.05) is 20.3 Å². The van der Waals surface area contributed by atoms with Crippen molar-refractivity contribution < 1.29 is 22.5 Å². The van der Waals surface area contributed by atoms with Gasteiger partial charge in [-0.2, -0.15) is 0 Å². The van der Waals surface area contributed by atoms with Crippen LogP contribution in [0.5, 0.6) is 0 Å². The van der Waals surface area contributed by atoms with Crippen LogP contribution in [-0.2, 0) is 22.5 Å². The largest absolute Gasteiger partial charge is 0.415 e. The van der Waals surface area contributed by atoms with E-state index in [-0.39, 0.29) is 0 Å². The normalized spacial score (nSPS) is 15.9. The Labute approximate surface area is 177 Å². The van der Waals surface area contributed by atoms with Gasteiger partial charge in [-0.05, 0) is 78.6 Å². The second-order valence-corrected chi connectivity index (χ2v) is 29.1. The SMILES string of the molecule is CON=CC(O[Si](C)(C)C)C(CO[Si](C)(C)C)(CO[Si](C)(C)C)O[Si](C)(C)C. The van der Waals surface area contributed by atoms with Crippen molar-refractivity contribution in [3.8, 4) is 0 Å². The smallest absolute Gasteiger partial charge is 0.184 e. The molecule has 0 aliphatic rings. The Morgan fingerprint density at radius 2 is 1.14 bits per heavy atom. The van der Waals surface area contributed by atoms with Crippen molar-refractivity contribution in [1.82, 2.24) is 0 Å². The van der Waals surface area contributed by atoms with Crippen molar-refractivity contribution in [2.24, 2.45) is 5.16 Å². The highest BCUT2D eigenvalue weighted by Crippen LogP contribution is 2.29. The molecule has 0 heterocycles. The molecular formula is C18H45NO5Si4. The molecule has 0 aromatic rings. The van der Waals surface area contributed by atoms with E-state index in [0.717, 1.165) is 0 Å². The van der Waals surface area contributed by atoms with Crippen LogP contribution in [0.25, 0.3) is 0 Å². The molecule has 0 amide bonds. The van der Waals surface area contributed by atoms with E-state index in [1.165, 1.54) is 0 Å². The van der Waals surface area contributed by atoms with Gasteiger partial charge in [0.1, 0.15) is 18.8 Å². The van der Waals surface area contributed by atoms with Gasteiger partial charge in [0, 0.05) is 0 Å². The van der Waals surface area contributed by atoms with Gasteiger partial charge in [-0.25, -0.2) is 0 Å². The molecule has 0 spiro atoms. The molecule has 168 valence electrons. The first-order chi connectivity index (χ1) is 12.3. The van der Waals surface area contributed by atoms with Gasteiger partial charge in [0.2, 0.25) is 0 Å². The Morgan fingerprint density at radius 1 is 0.714 bits per heavy atom. The highest BCUT2D eigenvalue weighted by atomic mass is 28.4. The summed E-state index contributed by atoms with van der Waals surface area (Å²) in [5, 5.41) is 4.06. The van der Waals surface area contributed by atoms with Gasteiger partial charge in [0.25, 0.3) is 0 Å². The minimum atomic E-state index is -1.96. The molecule has 1 unspecified atom stereocenters. The fourth-order valence-corrected chi connectivity index (χ4v) is 6.23. The Balaban J connectivity index is 6.25. The van der Waals surface area contributed by atoms with Crippen molar-refractivity contribution in [3.05, 3.63) is 0 Å². The third-order valence-electron chi connectivity index (χ3n) is 3.31. The number of hydrogen-bond acceptors (Lipinski definition) is 6. The maximum atomic E-state index is 6.81. The lowest BCUT2D eigenvalue weighted by molar-refractivity contribution is -0.0793. The van der Waals surface area contributed by atoms with E-state index in [1.807, 2.05) is 0 Å². The lowest BCUT2D eigenvalue weighted by Crippen LogP contribution is -2.62. The van der Waals surface area contributed by atoms with Gasteiger partial charge in [0.05, 0.1) is 19.4 Å². The van der Waals surface area contributed by atoms with Crippen LogP contribution >= 0.6 is 0 Å². The number of hydrogen-bond donors (Lipinski definition) is 0. The standard InChI is InChI=1S/C18H45NO5Si4/c1-20-19-14-17(23-27(8,9)10)18(24-28(11,12)13,15-21-25(2,3)4)16-22-26(5,6)7/h14,17H,15-16H2,1-13H3. The number of oxime groups is 1. The second kappa shape index (κ2) is 10.5. The highest BCUT2D eigenvalue weighted by Gasteiger charge is 2.47. The Morgan fingerprint density at radius 3 is 1.43 bits per heavy atom. The van der Waals surface area contributed by atoms with Crippen molar-refractivity contribution >= 4 is 39.5 Å². The molecule has 0 aliphatic carbocycles. The summed E-state index contributed by atoms with van der Waals surface area (Å²) in [6.07, 6.45) is 1.32. The van der Waals surface area contributed by atoms with Crippen molar-refractivity contribution in [3.63, 3.8) is 0 Å². The molecule has 6 nitrogen and oxygen atoms in total. The number of rotatable bonds is 13. The maximum absolute atomic E-state index is 6.81. The van der Waals surface area contributed by atoms with Crippen LogP contribution in [0.4, 0.5) is 0 Å². The molecule has 0 aromatic heterocycles. The predicted molar refractivity (Wildman–Crippen MR) is 129 cm³/mol. The molecule has 0 saturated carbocycles. The van der Waals surface area contributed by atoms with E-state index in [0.29, 0.717) is 13.2 Å². The zero-order valence-corrected chi connectivity index (χ0v) is 24.6. The fraction of sp³-hybridized carbons (Fsp3) is 0.944. The van der Waals surface area contributed by atoms with E-state index >= 15 is 0 Å². The van der Waals surface area contributed by atoms with Crippen LogP contribution in [0.1, 0.15) is 0 Å². The lowest BCUT2D eigenvalue weighted by Gasteiger charge is -2.46. The van der Waals surface area contributed by atoms with Crippen molar-refractivity contribution in [1.29, 1.82) is 0 Å². The molecular weight excluding hydrogens is 423 g/mol. The summed E-state index contributed by atoms with van der Waals surface area (Å²) in [5.41, 5.74) is -0.757. The first-order valence-corrected chi connectivity index (χ1v) is 23.6. The molecule has 1 atom stereocenters. The van der Waals surface area contributed by atoms with Gasteiger partial charge in [-0.1, -0.05) is 5.16 Å². The van der Waals surface area contributed by atoms with Crippen LogP contribution in [0.15, 0.2) is 5.16 Å². The summed E-state index contributed by atoms with van der Waals surface area (Å²) in [5.74, 6) is 0. The molecule has 0 bridgehead atoms. The summed E-state index contributed by atoms with van der Waals surface area (Å²) in [7, 11) is -5.89. The van der Waals surface area contributed by atoms with Crippen molar-refractivity contribution in [2.45, 2.75) is 90.3 Å². The fourth-order valence-electron chi connectivity index (χ4n) is 2.38. The Bertz CT molecular complexity index is 472.